The Balaban J connectivity index is 0.00000261. The molecular formula is C18H20ClF3N2O2S. The molecule has 1 saturated heterocycles. The van der Waals surface area contributed by atoms with E-state index in [1.165, 1.54) is 34.4 Å². The van der Waals surface area contributed by atoms with Gasteiger partial charge in [-0.25, -0.2) is 0 Å². The predicted octanol–water partition coefficient (Wildman–Crippen LogP) is 3.68. The predicted molar refractivity (Wildman–Crippen MR) is 100 cm³/mol. The molecule has 0 aliphatic carbocycles. The molecule has 0 radical (unpaired) electrons. The summed E-state index contributed by atoms with van der Waals surface area (Å²) >= 11 is 1.48. The van der Waals surface area contributed by atoms with Crippen LogP contribution in [-0.4, -0.2) is 53.5 Å². The first-order chi connectivity index (χ1) is 12.4. The third-order valence-electron chi connectivity index (χ3n) is 4.43. The molecule has 1 fully saturated rings. The van der Waals surface area contributed by atoms with Crippen LogP contribution in [0.15, 0.2) is 41.8 Å². The van der Waals surface area contributed by atoms with E-state index in [0.29, 0.717) is 32.7 Å². The van der Waals surface area contributed by atoms with Crippen molar-refractivity contribution >= 4 is 29.7 Å². The van der Waals surface area contributed by atoms with Crippen molar-refractivity contribution in [2.45, 2.75) is 12.3 Å². The molecule has 1 aliphatic rings. The molecule has 1 aromatic heterocycles. The molecule has 2 aromatic rings. The maximum Gasteiger partial charge on any atom is 0.417 e. The Hall–Kier alpha value is -1.61. The number of piperazine rings is 1. The van der Waals surface area contributed by atoms with Gasteiger partial charge in [-0.2, -0.15) is 13.2 Å². The van der Waals surface area contributed by atoms with Gasteiger partial charge in [0.05, 0.1) is 11.1 Å². The van der Waals surface area contributed by atoms with Gasteiger partial charge >= 0.3 is 6.18 Å². The van der Waals surface area contributed by atoms with E-state index in [2.05, 4.69) is 0 Å². The van der Waals surface area contributed by atoms with Crippen LogP contribution in [0.4, 0.5) is 13.2 Å². The Morgan fingerprint density at radius 2 is 1.78 bits per heavy atom. The molecule has 0 saturated carbocycles. The van der Waals surface area contributed by atoms with E-state index >= 15 is 0 Å². The van der Waals surface area contributed by atoms with Crippen molar-refractivity contribution in [1.82, 2.24) is 9.80 Å². The molecule has 3 rings (SSSR count). The number of rotatable bonds is 4. The van der Waals surface area contributed by atoms with Crippen molar-refractivity contribution in [3.63, 3.8) is 0 Å². The molecule has 1 aliphatic heterocycles. The number of aliphatic hydroxyl groups is 1. The van der Waals surface area contributed by atoms with Gasteiger partial charge in [0.1, 0.15) is 6.10 Å². The van der Waals surface area contributed by atoms with Crippen LogP contribution < -0.4 is 0 Å². The van der Waals surface area contributed by atoms with Crippen LogP contribution in [0, 0.1) is 0 Å². The van der Waals surface area contributed by atoms with Gasteiger partial charge in [0.25, 0.3) is 5.91 Å². The normalized spacial score (nSPS) is 16.7. The van der Waals surface area contributed by atoms with E-state index in [9.17, 15) is 23.1 Å². The Labute approximate surface area is 165 Å². The number of thiophene rings is 1. The maximum atomic E-state index is 13.1. The van der Waals surface area contributed by atoms with E-state index in [0.717, 1.165) is 10.9 Å². The SMILES string of the molecule is Cl.O=C(c1ccccc1C(F)(F)F)N1CCN(CC(O)c2cccs2)CC1. The van der Waals surface area contributed by atoms with Crippen molar-refractivity contribution in [3.05, 3.63) is 57.8 Å². The molecule has 1 atom stereocenters. The minimum absolute atomic E-state index is 0. The van der Waals surface area contributed by atoms with E-state index in [-0.39, 0.29) is 18.0 Å². The smallest absolute Gasteiger partial charge is 0.386 e. The number of aliphatic hydroxyl groups excluding tert-OH is 1. The number of carbonyl (C=O) groups excluding carboxylic acids is 1. The monoisotopic (exact) mass is 420 g/mol. The van der Waals surface area contributed by atoms with Gasteiger partial charge in [-0.05, 0) is 23.6 Å². The minimum atomic E-state index is -4.56. The first-order valence-electron chi connectivity index (χ1n) is 8.25. The summed E-state index contributed by atoms with van der Waals surface area (Å²) in [5, 5.41) is 12.1. The van der Waals surface area contributed by atoms with Gasteiger partial charge in [0.2, 0.25) is 0 Å². The minimum Gasteiger partial charge on any atom is -0.386 e. The molecule has 2 heterocycles. The Morgan fingerprint density at radius 1 is 1.11 bits per heavy atom. The highest BCUT2D eigenvalue weighted by Gasteiger charge is 2.36. The average Bonchev–Trinajstić information content (AvgIpc) is 3.16. The highest BCUT2D eigenvalue weighted by atomic mass is 35.5. The molecule has 148 valence electrons. The Morgan fingerprint density at radius 3 is 2.37 bits per heavy atom. The van der Waals surface area contributed by atoms with Crippen molar-refractivity contribution in [2.24, 2.45) is 0 Å². The first-order valence-corrected chi connectivity index (χ1v) is 9.13. The summed E-state index contributed by atoms with van der Waals surface area (Å²) in [5.74, 6) is -0.601. The number of halogens is 4. The van der Waals surface area contributed by atoms with Gasteiger partial charge in [0, 0.05) is 37.6 Å². The quantitative estimate of drug-likeness (QED) is 0.820. The zero-order valence-corrected chi connectivity index (χ0v) is 16.0. The molecule has 27 heavy (non-hydrogen) atoms. The second-order valence-electron chi connectivity index (χ2n) is 6.17. The zero-order chi connectivity index (χ0) is 18.7. The Bertz CT molecular complexity index is 747. The molecule has 9 heteroatoms. The topological polar surface area (TPSA) is 43.8 Å². The lowest BCUT2D eigenvalue weighted by Gasteiger charge is -2.35. The third-order valence-corrected chi connectivity index (χ3v) is 5.40. The van der Waals surface area contributed by atoms with E-state index in [4.69, 9.17) is 0 Å². The van der Waals surface area contributed by atoms with Crippen molar-refractivity contribution in [1.29, 1.82) is 0 Å². The number of amides is 1. The third kappa shape index (κ3) is 5.22. The molecule has 1 unspecified atom stereocenters. The van der Waals surface area contributed by atoms with Crippen molar-refractivity contribution in [2.75, 3.05) is 32.7 Å². The fourth-order valence-electron chi connectivity index (χ4n) is 3.04. The molecule has 4 nitrogen and oxygen atoms in total. The van der Waals surface area contributed by atoms with Crippen molar-refractivity contribution < 1.29 is 23.1 Å². The molecule has 1 N–H and O–H groups in total. The van der Waals surface area contributed by atoms with Crippen molar-refractivity contribution in [3.8, 4) is 0 Å². The number of hydrogen-bond acceptors (Lipinski definition) is 4. The van der Waals surface area contributed by atoms with Gasteiger partial charge < -0.3 is 10.0 Å². The van der Waals surface area contributed by atoms with Crippen LogP contribution in [0.25, 0.3) is 0 Å². The molecule has 0 spiro atoms. The fourth-order valence-corrected chi connectivity index (χ4v) is 3.74. The lowest BCUT2D eigenvalue weighted by atomic mass is 10.1. The van der Waals surface area contributed by atoms with Crippen LogP contribution in [0.1, 0.15) is 26.9 Å². The highest BCUT2D eigenvalue weighted by Crippen LogP contribution is 2.32. The molecule has 1 amide bonds. The van der Waals surface area contributed by atoms with E-state index in [1.807, 2.05) is 22.4 Å². The molecule has 0 bridgehead atoms. The second-order valence-corrected chi connectivity index (χ2v) is 7.15. The molecule has 1 aromatic carbocycles. The highest BCUT2D eigenvalue weighted by molar-refractivity contribution is 7.10. The standard InChI is InChI=1S/C18H19F3N2O2S.ClH/c19-18(20,21)14-5-2-1-4-13(14)17(25)23-9-7-22(8-10-23)12-15(24)16-6-3-11-26-16;/h1-6,11,15,24H,7-10,12H2;1H. The Kier molecular flexibility index (Phi) is 7.27. The van der Waals surface area contributed by atoms with Gasteiger partial charge in [-0.1, -0.05) is 18.2 Å². The van der Waals surface area contributed by atoms with Gasteiger partial charge in [0.15, 0.2) is 0 Å². The van der Waals surface area contributed by atoms with Crippen LogP contribution in [0.2, 0.25) is 0 Å². The number of benzene rings is 1. The number of β-amino-alcohol motifs (C(OH)–C–C–N with tert-alkyl or cyclic N) is 1. The zero-order valence-electron chi connectivity index (χ0n) is 14.4. The summed E-state index contributed by atoms with van der Waals surface area (Å²) < 4.78 is 39.3. The summed E-state index contributed by atoms with van der Waals surface area (Å²) in [5.41, 5.74) is -1.22. The lowest BCUT2D eigenvalue weighted by Crippen LogP contribution is -2.49. The fraction of sp³-hybridized carbons (Fsp3) is 0.389. The maximum absolute atomic E-state index is 13.1. The number of alkyl halides is 3. The average molecular weight is 421 g/mol. The number of carbonyl (C=O) groups is 1. The summed E-state index contributed by atoms with van der Waals surface area (Å²) in [7, 11) is 0. The largest absolute Gasteiger partial charge is 0.417 e. The summed E-state index contributed by atoms with van der Waals surface area (Å²) in [6, 6.07) is 8.61. The molecular weight excluding hydrogens is 401 g/mol. The summed E-state index contributed by atoms with van der Waals surface area (Å²) in [6.45, 7) is 2.15. The lowest BCUT2D eigenvalue weighted by molar-refractivity contribution is -0.138. The first kappa shape index (κ1) is 21.7. The summed E-state index contributed by atoms with van der Waals surface area (Å²) in [4.78, 5) is 16.9. The van der Waals surface area contributed by atoms with Crippen LogP contribution in [-0.2, 0) is 6.18 Å². The van der Waals surface area contributed by atoms with Crippen LogP contribution in [0.5, 0.6) is 0 Å². The van der Waals surface area contributed by atoms with Gasteiger partial charge in [-0.15, -0.1) is 23.7 Å². The van der Waals surface area contributed by atoms with Gasteiger partial charge in [-0.3, -0.25) is 9.69 Å². The second kappa shape index (κ2) is 9.05. The number of nitrogens with zero attached hydrogens (tertiary/aromatic N) is 2. The number of hydrogen-bond donors (Lipinski definition) is 1. The van der Waals surface area contributed by atoms with Crippen LogP contribution in [0.3, 0.4) is 0 Å². The van der Waals surface area contributed by atoms with E-state index < -0.39 is 23.8 Å². The van der Waals surface area contributed by atoms with Crippen LogP contribution >= 0.6 is 23.7 Å². The van der Waals surface area contributed by atoms with E-state index in [1.54, 1.807) is 0 Å². The summed E-state index contributed by atoms with van der Waals surface area (Å²) in [6.07, 6.45) is -5.15.